The molecule has 0 bridgehead atoms. The lowest BCUT2D eigenvalue weighted by molar-refractivity contribution is -0.124. The van der Waals surface area contributed by atoms with Gasteiger partial charge in [0, 0.05) is 36.3 Å². The molecule has 2 aromatic carbocycles. The normalized spacial score (nSPS) is 10.9. The number of benzene rings is 2. The fourth-order valence-electron chi connectivity index (χ4n) is 3.66. The van der Waals surface area contributed by atoms with Crippen LogP contribution in [0.25, 0.3) is 17.0 Å². The van der Waals surface area contributed by atoms with Crippen molar-refractivity contribution in [1.82, 2.24) is 15.4 Å². The van der Waals surface area contributed by atoms with Crippen LogP contribution in [0.5, 0.6) is 0 Å². The van der Waals surface area contributed by atoms with Gasteiger partial charge in [0.1, 0.15) is 0 Å². The first kappa shape index (κ1) is 27.1. The highest BCUT2D eigenvalue weighted by Gasteiger charge is 2.06. The monoisotopic (exact) mass is 461 g/mol. The maximum Gasteiger partial charge on any atom is 0.267 e. The molecule has 0 aliphatic carbocycles. The predicted octanol–water partition coefficient (Wildman–Crippen LogP) is 6.09. The van der Waals surface area contributed by atoms with E-state index in [1.54, 1.807) is 11.6 Å². The van der Waals surface area contributed by atoms with Gasteiger partial charge in [-0.2, -0.15) is 0 Å². The molecule has 0 fully saturated rings. The van der Waals surface area contributed by atoms with Crippen LogP contribution >= 0.6 is 0 Å². The number of carbonyl (C=O) groups excluding carboxylic acids is 1. The molecule has 0 saturated heterocycles. The summed E-state index contributed by atoms with van der Waals surface area (Å²) in [4.78, 5) is 11.0. The van der Waals surface area contributed by atoms with Crippen LogP contribution in [0.3, 0.4) is 0 Å². The van der Waals surface area contributed by atoms with Crippen LogP contribution in [-0.4, -0.2) is 22.2 Å². The third-order valence-electron chi connectivity index (χ3n) is 5.79. The number of amides is 1. The lowest BCUT2D eigenvalue weighted by Crippen LogP contribution is -2.16. The first-order valence-corrected chi connectivity index (χ1v) is 12.0. The molecule has 3 N–H and O–H groups in total. The number of carbonyl (C=O) groups is 1. The number of hydrogen-bond donors (Lipinski definition) is 3. The lowest BCUT2D eigenvalue weighted by Gasteiger charge is -2.07. The summed E-state index contributed by atoms with van der Waals surface area (Å²) in [6.45, 7) is 11.9. The van der Waals surface area contributed by atoms with Crippen LogP contribution in [0.2, 0.25) is 0 Å². The summed E-state index contributed by atoms with van der Waals surface area (Å²) >= 11 is 0. The molecule has 3 rings (SSSR count). The van der Waals surface area contributed by atoms with Gasteiger partial charge in [-0.05, 0) is 74.6 Å². The van der Waals surface area contributed by atoms with Gasteiger partial charge in [-0.25, -0.2) is 5.48 Å². The number of hydroxylamine groups is 1. The Labute approximate surface area is 204 Å². The molecule has 0 saturated carbocycles. The Balaban J connectivity index is 0.000000509. The molecule has 0 atom stereocenters. The molecular weight excluding hydrogens is 422 g/mol. The van der Waals surface area contributed by atoms with E-state index in [2.05, 4.69) is 68.5 Å². The molecule has 5 nitrogen and oxygen atoms in total. The van der Waals surface area contributed by atoms with Crippen molar-refractivity contribution in [3.8, 4) is 0 Å². The van der Waals surface area contributed by atoms with E-state index in [-0.39, 0.29) is 0 Å². The minimum atomic E-state index is -0.538. The number of fused-ring (bicyclic) bond motifs is 1. The van der Waals surface area contributed by atoms with Crippen LogP contribution < -0.4 is 10.8 Å². The fraction of sp³-hybridized carbons (Fsp3) is 0.345. The number of allylic oxidation sites excluding steroid dienone is 1. The molecule has 1 amide bonds. The molecule has 0 aliphatic rings. The topological polar surface area (TPSA) is 66.3 Å². The SMILES string of the molecule is C=C(C)CCCC.Cc1cc2c(CCNCc3ccc(/C=C/C(=O)NO)cc3)cccc2n1C. The Morgan fingerprint density at radius 2 is 1.91 bits per heavy atom. The molecule has 182 valence electrons. The summed E-state index contributed by atoms with van der Waals surface area (Å²) < 4.78 is 2.23. The number of hydrogen-bond acceptors (Lipinski definition) is 3. The molecule has 0 aliphatic heterocycles. The Kier molecular flexibility index (Phi) is 11.3. The molecule has 0 unspecified atom stereocenters. The van der Waals surface area contributed by atoms with Gasteiger partial charge < -0.3 is 9.88 Å². The minimum absolute atomic E-state index is 0.538. The highest BCUT2D eigenvalue weighted by atomic mass is 16.5. The Morgan fingerprint density at radius 1 is 1.18 bits per heavy atom. The average molecular weight is 462 g/mol. The Morgan fingerprint density at radius 3 is 2.53 bits per heavy atom. The van der Waals surface area contributed by atoms with E-state index < -0.39 is 5.91 Å². The van der Waals surface area contributed by atoms with Crippen LogP contribution in [0, 0.1) is 6.92 Å². The van der Waals surface area contributed by atoms with Gasteiger partial charge in [-0.3, -0.25) is 10.0 Å². The van der Waals surface area contributed by atoms with Crippen LogP contribution in [0.4, 0.5) is 0 Å². The van der Waals surface area contributed by atoms with Gasteiger partial charge in [-0.1, -0.05) is 55.3 Å². The van der Waals surface area contributed by atoms with Crippen molar-refractivity contribution in [2.45, 2.75) is 53.0 Å². The van der Waals surface area contributed by atoms with E-state index in [0.29, 0.717) is 0 Å². The predicted molar refractivity (Wildman–Crippen MR) is 143 cm³/mol. The van der Waals surface area contributed by atoms with Gasteiger partial charge in [0.15, 0.2) is 0 Å². The van der Waals surface area contributed by atoms with E-state index in [4.69, 9.17) is 5.21 Å². The number of aromatic nitrogens is 1. The van der Waals surface area contributed by atoms with Gasteiger partial charge in [-0.15, -0.1) is 6.58 Å². The van der Waals surface area contributed by atoms with Gasteiger partial charge >= 0.3 is 0 Å². The zero-order valence-corrected chi connectivity index (χ0v) is 21.0. The summed E-state index contributed by atoms with van der Waals surface area (Å²) in [5.74, 6) is -0.538. The highest BCUT2D eigenvalue weighted by Crippen LogP contribution is 2.22. The van der Waals surface area contributed by atoms with E-state index in [1.165, 1.54) is 58.6 Å². The van der Waals surface area contributed by atoms with Crippen molar-refractivity contribution in [2.75, 3.05) is 6.54 Å². The summed E-state index contributed by atoms with van der Waals surface area (Å²) in [6.07, 6.45) is 7.72. The second kappa shape index (κ2) is 14.2. The van der Waals surface area contributed by atoms with E-state index in [0.717, 1.165) is 25.1 Å². The zero-order chi connectivity index (χ0) is 24.9. The average Bonchev–Trinajstić information content (AvgIpc) is 3.14. The molecular formula is C29H39N3O2. The lowest BCUT2D eigenvalue weighted by atomic mass is 10.1. The molecule has 34 heavy (non-hydrogen) atoms. The number of nitrogens with zero attached hydrogens (tertiary/aromatic N) is 1. The largest absolute Gasteiger partial charge is 0.348 e. The molecule has 0 radical (unpaired) electrons. The second-order valence-electron chi connectivity index (χ2n) is 8.73. The maximum atomic E-state index is 11.0. The van der Waals surface area contributed by atoms with Crippen molar-refractivity contribution in [1.29, 1.82) is 0 Å². The van der Waals surface area contributed by atoms with E-state index >= 15 is 0 Å². The highest BCUT2D eigenvalue weighted by molar-refractivity contribution is 5.90. The molecule has 5 heteroatoms. The van der Waals surface area contributed by atoms with Crippen molar-refractivity contribution < 1.29 is 10.0 Å². The molecule has 1 aromatic heterocycles. The molecule has 1 heterocycles. The van der Waals surface area contributed by atoms with E-state index in [1.807, 2.05) is 24.3 Å². The van der Waals surface area contributed by atoms with Crippen LogP contribution in [0.15, 0.2) is 66.8 Å². The number of nitrogens with one attached hydrogen (secondary N) is 2. The molecule has 0 spiro atoms. The van der Waals surface area contributed by atoms with Gasteiger partial charge in [0.2, 0.25) is 0 Å². The van der Waals surface area contributed by atoms with Crippen molar-refractivity contribution in [3.05, 3.63) is 89.1 Å². The van der Waals surface area contributed by atoms with Crippen molar-refractivity contribution in [3.63, 3.8) is 0 Å². The fourth-order valence-corrected chi connectivity index (χ4v) is 3.66. The van der Waals surface area contributed by atoms with Gasteiger partial charge in [0.05, 0.1) is 0 Å². The third kappa shape index (κ3) is 8.65. The summed E-state index contributed by atoms with van der Waals surface area (Å²) in [7, 11) is 2.11. The third-order valence-corrected chi connectivity index (χ3v) is 5.79. The number of unbranched alkanes of at least 4 members (excludes halogenated alkanes) is 1. The van der Waals surface area contributed by atoms with Crippen molar-refractivity contribution in [2.24, 2.45) is 7.05 Å². The summed E-state index contributed by atoms with van der Waals surface area (Å²) in [5.41, 5.74) is 8.90. The zero-order valence-electron chi connectivity index (χ0n) is 21.0. The standard InChI is InChI=1S/C22H25N3O2.C7H14/c1-16-14-20-19(4-3-5-21(20)25(16)2)12-13-23-15-18-8-6-17(7-9-18)10-11-22(26)24-27;1-4-5-6-7(2)3/h3-11,14,23,27H,12-13,15H2,1-2H3,(H,24,26);2,4-6H2,1,3H3/b11-10+;. The minimum Gasteiger partial charge on any atom is -0.348 e. The first-order chi connectivity index (χ1) is 16.3. The first-order valence-electron chi connectivity index (χ1n) is 12.0. The van der Waals surface area contributed by atoms with Crippen molar-refractivity contribution >= 4 is 22.9 Å². The molecule has 3 aromatic rings. The number of aryl methyl sites for hydroxylation is 2. The van der Waals surface area contributed by atoms with Gasteiger partial charge in [0.25, 0.3) is 5.91 Å². The summed E-state index contributed by atoms with van der Waals surface area (Å²) in [5, 5.41) is 13.3. The Hall–Kier alpha value is -3.15. The summed E-state index contributed by atoms with van der Waals surface area (Å²) in [6, 6.07) is 16.7. The smallest absolute Gasteiger partial charge is 0.267 e. The van der Waals surface area contributed by atoms with E-state index in [9.17, 15) is 4.79 Å². The second-order valence-corrected chi connectivity index (χ2v) is 8.73. The Bertz CT molecular complexity index is 1090. The number of rotatable bonds is 10. The van der Waals surface area contributed by atoms with Crippen LogP contribution in [-0.2, 0) is 24.8 Å². The maximum absolute atomic E-state index is 11.0. The van der Waals surface area contributed by atoms with Crippen LogP contribution in [0.1, 0.15) is 55.5 Å². The quantitative estimate of drug-likeness (QED) is 0.113.